The van der Waals surface area contributed by atoms with E-state index in [1.54, 1.807) is 11.0 Å². The third-order valence-corrected chi connectivity index (χ3v) is 9.10. The second kappa shape index (κ2) is 11.4. The minimum atomic E-state index is -1.48. The van der Waals surface area contributed by atoms with Gasteiger partial charge < -0.3 is 31.7 Å². The Morgan fingerprint density at radius 2 is 2.21 bits per heavy atom. The Bertz CT molecular complexity index is 1260. The Morgan fingerprint density at radius 1 is 1.38 bits per heavy atom. The van der Waals surface area contributed by atoms with Gasteiger partial charge in [-0.1, -0.05) is 0 Å². The molecule has 6 N–H and O–H groups in total. The van der Waals surface area contributed by atoms with E-state index in [-0.39, 0.29) is 28.2 Å². The summed E-state index contributed by atoms with van der Waals surface area (Å²) >= 11 is 2.32. The summed E-state index contributed by atoms with van der Waals surface area (Å²) in [5, 5.41) is 22.9. The second-order valence-corrected chi connectivity index (χ2v) is 11.5. The Balaban J connectivity index is 1.25. The summed E-state index contributed by atoms with van der Waals surface area (Å²) in [5.74, 6) is -2.65. The van der Waals surface area contributed by atoms with Gasteiger partial charge in [0.05, 0.1) is 5.69 Å². The minimum absolute atomic E-state index is 0.0755. The molecule has 0 bridgehead atoms. The van der Waals surface area contributed by atoms with Crippen molar-refractivity contribution in [2.45, 2.75) is 36.3 Å². The normalized spacial score (nSPS) is 26.6. The number of rotatable bonds is 10. The molecule has 4 unspecified atom stereocenters. The summed E-state index contributed by atoms with van der Waals surface area (Å²) in [6, 6.07) is -2.11. The summed E-state index contributed by atoms with van der Waals surface area (Å²) in [6.45, 7) is 3.69. The number of nitrogen functional groups attached to an aromatic ring is 1. The molecular formula is C23H28N8O6S2. The molecule has 4 aliphatic rings. The van der Waals surface area contributed by atoms with E-state index < -0.39 is 35.2 Å². The molecule has 3 saturated heterocycles. The van der Waals surface area contributed by atoms with E-state index in [2.05, 4.69) is 26.1 Å². The SMILES string of the molecule is Nc1nc(C(N=O)C(=O)NC2C(=O)N3C(C(=O)O)=C(C=C4CCN(CCNC5CCNC5)C4=O)CSC23)cs1. The molecule has 1 aromatic heterocycles. The van der Waals surface area contributed by atoms with Crippen LogP contribution in [0.2, 0.25) is 0 Å². The molecule has 0 aliphatic carbocycles. The molecule has 0 aromatic carbocycles. The number of allylic oxidation sites excluding steroid dienone is 1. The quantitative estimate of drug-likeness (QED) is 0.135. The second-order valence-electron chi connectivity index (χ2n) is 9.55. The standard InChI is InChI=1S/C23H28N8O6S2/c24-23-27-14(10-39-23)15(29-37)18(32)28-16-20(34)31-17(22(35)36)12(9-38-21(16)31)7-11-2-5-30(19(11)33)6-4-26-13-1-3-25-8-13/h7,10,13,15-16,21,25-26H,1-6,8-9H2,(H2,24,27)(H,28,32)(H,35,36). The van der Waals surface area contributed by atoms with Crippen molar-refractivity contribution in [3.63, 3.8) is 0 Å². The van der Waals surface area contributed by atoms with Crippen LogP contribution < -0.4 is 21.7 Å². The largest absolute Gasteiger partial charge is 0.477 e. The molecule has 4 atom stereocenters. The first-order valence-electron chi connectivity index (χ1n) is 12.5. The number of nitrogens with one attached hydrogen (secondary N) is 3. The number of carboxylic acids is 1. The van der Waals surface area contributed by atoms with E-state index in [1.165, 1.54) is 17.1 Å². The van der Waals surface area contributed by atoms with Gasteiger partial charge in [-0.2, -0.15) is 0 Å². The van der Waals surface area contributed by atoms with Crippen molar-refractivity contribution in [1.29, 1.82) is 0 Å². The van der Waals surface area contributed by atoms with E-state index in [0.29, 0.717) is 43.2 Å². The van der Waals surface area contributed by atoms with E-state index >= 15 is 0 Å². The lowest BCUT2D eigenvalue weighted by atomic mass is 10.0. The number of thioether (sulfide) groups is 1. The van der Waals surface area contributed by atoms with Crippen molar-refractivity contribution in [1.82, 2.24) is 30.7 Å². The first-order chi connectivity index (χ1) is 18.8. The fourth-order valence-corrected chi connectivity index (χ4v) is 6.99. The van der Waals surface area contributed by atoms with Crippen LogP contribution in [-0.4, -0.2) is 99.5 Å². The Hall–Kier alpha value is -3.34. The van der Waals surface area contributed by atoms with Crippen molar-refractivity contribution in [3.8, 4) is 0 Å². The van der Waals surface area contributed by atoms with Crippen molar-refractivity contribution < 1.29 is 24.3 Å². The number of likely N-dealkylation sites (tertiary alicyclic amines) is 1. The molecule has 1 aromatic rings. The van der Waals surface area contributed by atoms with Crippen molar-refractivity contribution >= 4 is 51.9 Å². The monoisotopic (exact) mass is 576 g/mol. The van der Waals surface area contributed by atoms with Crippen LogP contribution >= 0.6 is 23.1 Å². The van der Waals surface area contributed by atoms with Crippen LogP contribution in [0, 0.1) is 4.91 Å². The highest BCUT2D eigenvalue weighted by molar-refractivity contribution is 8.00. The zero-order chi connectivity index (χ0) is 27.7. The number of thiazole rings is 1. The fraction of sp³-hybridized carbons (Fsp3) is 0.522. The average molecular weight is 577 g/mol. The molecule has 3 fully saturated rings. The maximum Gasteiger partial charge on any atom is 0.352 e. The number of aromatic nitrogens is 1. The van der Waals surface area contributed by atoms with Gasteiger partial charge in [0.1, 0.15) is 17.1 Å². The minimum Gasteiger partial charge on any atom is -0.477 e. The summed E-state index contributed by atoms with van der Waals surface area (Å²) < 4.78 is 0. The van der Waals surface area contributed by atoms with E-state index in [9.17, 15) is 29.2 Å². The molecule has 0 saturated carbocycles. The van der Waals surface area contributed by atoms with Crippen LogP contribution in [0.15, 0.2) is 33.5 Å². The van der Waals surface area contributed by atoms with Crippen LogP contribution in [-0.2, 0) is 19.2 Å². The highest BCUT2D eigenvalue weighted by Gasteiger charge is 2.54. The van der Waals surface area contributed by atoms with Gasteiger partial charge in [-0.25, -0.2) is 9.78 Å². The van der Waals surface area contributed by atoms with Crippen LogP contribution in [0.25, 0.3) is 0 Å². The summed E-state index contributed by atoms with van der Waals surface area (Å²) in [4.78, 5) is 68.9. The van der Waals surface area contributed by atoms with Gasteiger partial charge in [-0.05, 0) is 36.2 Å². The van der Waals surface area contributed by atoms with E-state index in [0.717, 1.165) is 35.7 Å². The highest BCUT2D eigenvalue weighted by atomic mass is 32.2. The van der Waals surface area contributed by atoms with Crippen LogP contribution in [0.3, 0.4) is 0 Å². The van der Waals surface area contributed by atoms with Gasteiger partial charge >= 0.3 is 5.97 Å². The van der Waals surface area contributed by atoms with Crippen LogP contribution in [0.4, 0.5) is 5.13 Å². The highest BCUT2D eigenvalue weighted by Crippen LogP contribution is 2.41. The molecule has 14 nitrogen and oxygen atoms in total. The number of anilines is 1. The molecule has 39 heavy (non-hydrogen) atoms. The van der Waals surface area contributed by atoms with Gasteiger partial charge in [0.2, 0.25) is 11.9 Å². The summed E-state index contributed by atoms with van der Waals surface area (Å²) in [5.41, 5.74) is 6.31. The molecule has 3 amide bonds. The Kier molecular flexibility index (Phi) is 7.97. The third kappa shape index (κ3) is 5.41. The number of fused-ring (bicyclic) bond motifs is 1. The number of aliphatic carboxylic acids is 1. The average Bonchev–Trinajstić information content (AvgIpc) is 3.66. The lowest BCUT2D eigenvalue weighted by molar-refractivity contribution is -0.150. The van der Waals surface area contributed by atoms with Gasteiger partial charge in [-0.15, -0.1) is 28.0 Å². The van der Waals surface area contributed by atoms with Gasteiger partial charge in [0.15, 0.2) is 5.13 Å². The Morgan fingerprint density at radius 3 is 2.87 bits per heavy atom. The molecule has 0 spiro atoms. The van der Waals surface area contributed by atoms with E-state index in [4.69, 9.17) is 5.73 Å². The zero-order valence-electron chi connectivity index (χ0n) is 20.8. The number of nitrogens with two attached hydrogens (primary N) is 1. The summed E-state index contributed by atoms with van der Waals surface area (Å²) in [7, 11) is 0. The van der Waals surface area contributed by atoms with Crippen LogP contribution in [0.5, 0.6) is 0 Å². The molecular weight excluding hydrogens is 548 g/mol. The number of hydrogen-bond donors (Lipinski definition) is 5. The molecule has 5 heterocycles. The number of nitrogens with zero attached hydrogens (tertiary/aromatic N) is 4. The van der Waals surface area contributed by atoms with E-state index in [1.807, 2.05) is 0 Å². The molecule has 4 aliphatic heterocycles. The summed E-state index contributed by atoms with van der Waals surface area (Å²) in [6.07, 6.45) is 3.13. The number of hydrogen-bond acceptors (Lipinski definition) is 12. The van der Waals surface area contributed by atoms with Gasteiger partial charge in [0.25, 0.3) is 11.8 Å². The van der Waals surface area contributed by atoms with Gasteiger partial charge in [0, 0.05) is 48.9 Å². The molecule has 5 rings (SSSR count). The predicted molar refractivity (Wildman–Crippen MR) is 143 cm³/mol. The first-order valence-corrected chi connectivity index (χ1v) is 14.4. The maximum atomic E-state index is 13.0. The smallest absolute Gasteiger partial charge is 0.352 e. The predicted octanol–water partition coefficient (Wildman–Crippen LogP) is -0.618. The van der Waals surface area contributed by atoms with Gasteiger partial charge in [-0.3, -0.25) is 19.3 Å². The topological polar surface area (TPSA) is 199 Å². The fourth-order valence-electron chi connectivity index (χ4n) is 5.11. The number of β-lactam (4-membered cyclic amide) rings is 1. The number of carbonyl (C=O) groups excluding carboxylic acids is 3. The molecule has 16 heteroatoms. The van der Waals surface area contributed by atoms with Crippen molar-refractivity contribution in [3.05, 3.63) is 38.9 Å². The molecule has 0 radical (unpaired) electrons. The lowest BCUT2D eigenvalue weighted by Crippen LogP contribution is -2.70. The first kappa shape index (κ1) is 27.2. The number of carbonyl (C=O) groups is 4. The lowest BCUT2D eigenvalue weighted by Gasteiger charge is -2.49. The third-order valence-electron chi connectivity index (χ3n) is 7.11. The number of amides is 3. The number of carboxylic acid groups (broad SMARTS) is 1. The molecule has 208 valence electrons. The van der Waals surface area contributed by atoms with Crippen LogP contribution in [0.1, 0.15) is 24.6 Å². The van der Waals surface area contributed by atoms with Crippen molar-refractivity contribution in [2.24, 2.45) is 5.18 Å². The zero-order valence-corrected chi connectivity index (χ0v) is 22.4. The number of nitroso groups, excluding NO2 is 1. The maximum absolute atomic E-state index is 13.0. The Labute approximate surface area is 231 Å². The van der Waals surface area contributed by atoms with Crippen molar-refractivity contribution in [2.75, 3.05) is 44.2 Å².